The van der Waals surface area contributed by atoms with Gasteiger partial charge in [0.05, 0.1) is 23.8 Å². The molecular formula is C18H22N4O4S2. The van der Waals surface area contributed by atoms with E-state index in [1.54, 1.807) is 15.9 Å². The van der Waals surface area contributed by atoms with E-state index >= 15 is 0 Å². The van der Waals surface area contributed by atoms with Crippen LogP contribution in [0.5, 0.6) is 0 Å². The van der Waals surface area contributed by atoms with Gasteiger partial charge in [-0.15, -0.1) is 11.3 Å². The SMILES string of the molecule is NC(=O)NC(=O)CSc1nc2sc3c(c2c(=O)n1CC1CCCO1)CCCC3. The maximum atomic E-state index is 13.4. The molecule has 2 aliphatic rings. The molecule has 0 radical (unpaired) electrons. The number of hydrogen-bond donors (Lipinski definition) is 2. The number of ether oxygens (including phenoxy) is 1. The summed E-state index contributed by atoms with van der Waals surface area (Å²) in [5.74, 6) is -0.557. The number of aromatic nitrogens is 2. The second-order valence-corrected chi connectivity index (χ2v) is 9.06. The molecule has 1 fully saturated rings. The number of nitrogens with two attached hydrogens (primary N) is 1. The molecule has 0 spiro atoms. The average molecular weight is 423 g/mol. The number of carbonyl (C=O) groups excluding carboxylic acids is 2. The van der Waals surface area contributed by atoms with Gasteiger partial charge in [-0.05, 0) is 44.1 Å². The Hall–Kier alpha value is -1.91. The molecule has 2 aromatic heterocycles. The van der Waals surface area contributed by atoms with E-state index in [0.29, 0.717) is 18.3 Å². The molecule has 3 N–H and O–H groups in total. The zero-order chi connectivity index (χ0) is 19.7. The number of imide groups is 1. The van der Waals surface area contributed by atoms with Gasteiger partial charge in [0.1, 0.15) is 4.83 Å². The Labute approximate surface area is 169 Å². The molecule has 4 rings (SSSR count). The molecule has 2 aromatic rings. The largest absolute Gasteiger partial charge is 0.376 e. The fourth-order valence-electron chi connectivity index (χ4n) is 3.79. The van der Waals surface area contributed by atoms with Crippen molar-refractivity contribution >= 4 is 45.3 Å². The van der Waals surface area contributed by atoms with Gasteiger partial charge in [-0.25, -0.2) is 9.78 Å². The van der Waals surface area contributed by atoms with Crippen molar-refractivity contribution in [2.45, 2.75) is 56.3 Å². The maximum absolute atomic E-state index is 13.4. The monoisotopic (exact) mass is 422 g/mol. The Balaban J connectivity index is 1.71. The van der Waals surface area contributed by atoms with Crippen molar-refractivity contribution in [2.24, 2.45) is 5.73 Å². The molecule has 0 bridgehead atoms. The summed E-state index contributed by atoms with van der Waals surface area (Å²) < 4.78 is 7.36. The second kappa shape index (κ2) is 8.22. The summed E-state index contributed by atoms with van der Waals surface area (Å²) in [6.45, 7) is 1.12. The lowest BCUT2D eigenvalue weighted by atomic mass is 9.97. The number of rotatable bonds is 5. The van der Waals surface area contributed by atoms with Crippen LogP contribution in [0.2, 0.25) is 0 Å². The van der Waals surface area contributed by atoms with Crippen LogP contribution in [-0.2, 0) is 28.9 Å². The Morgan fingerprint density at radius 3 is 2.89 bits per heavy atom. The van der Waals surface area contributed by atoms with E-state index in [1.165, 1.54) is 4.88 Å². The minimum Gasteiger partial charge on any atom is -0.376 e. The fourth-order valence-corrected chi connectivity index (χ4v) is 5.90. The molecule has 28 heavy (non-hydrogen) atoms. The van der Waals surface area contributed by atoms with Gasteiger partial charge in [0.2, 0.25) is 5.91 Å². The van der Waals surface area contributed by atoms with Gasteiger partial charge in [0.25, 0.3) is 5.56 Å². The van der Waals surface area contributed by atoms with Crippen molar-refractivity contribution in [1.29, 1.82) is 0 Å². The third kappa shape index (κ3) is 3.94. The first kappa shape index (κ1) is 19.4. The van der Waals surface area contributed by atoms with E-state index in [1.807, 2.05) is 5.32 Å². The molecule has 10 heteroatoms. The minimum atomic E-state index is -0.892. The number of primary amides is 1. The summed E-state index contributed by atoms with van der Waals surface area (Å²) >= 11 is 2.72. The van der Waals surface area contributed by atoms with Crippen molar-refractivity contribution < 1.29 is 14.3 Å². The second-order valence-electron chi connectivity index (χ2n) is 7.04. The van der Waals surface area contributed by atoms with Gasteiger partial charge in [-0.3, -0.25) is 19.5 Å². The minimum absolute atomic E-state index is 0.0230. The number of thiophene rings is 1. The third-order valence-corrected chi connectivity index (χ3v) is 7.21. The van der Waals surface area contributed by atoms with Crippen LogP contribution in [0.3, 0.4) is 0 Å². The summed E-state index contributed by atoms with van der Waals surface area (Å²) in [7, 11) is 0. The number of nitrogens with one attached hydrogen (secondary N) is 1. The average Bonchev–Trinajstić information content (AvgIpc) is 3.29. The van der Waals surface area contributed by atoms with Crippen LogP contribution in [0.15, 0.2) is 9.95 Å². The molecule has 1 aliphatic carbocycles. The van der Waals surface area contributed by atoms with Crippen molar-refractivity contribution in [3.8, 4) is 0 Å². The molecule has 3 heterocycles. The Kier molecular flexibility index (Phi) is 5.70. The predicted molar refractivity (Wildman–Crippen MR) is 108 cm³/mol. The van der Waals surface area contributed by atoms with Gasteiger partial charge in [-0.2, -0.15) is 0 Å². The van der Waals surface area contributed by atoms with Gasteiger partial charge < -0.3 is 10.5 Å². The summed E-state index contributed by atoms with van der Waals surface area (Å²) in [5.41, 5.74) is 6.08. The van der Waals surface area contributed by atoms with Crippen LogP contribution >= 0.6 is 23.1 Å². The topological polar surface area (TPSA) is 116 Å². The Bertz CT molecular complexity index is 978. The van der Waals surface area contributed by atoms with E-state index < -0.39 is 11.9 Å². The lowest BCUT2D eigenvalue weighted by Gasteiger charge is -2.16. The standard InChI is InChI=1S/C18H22N4O4S2/c19-17(25)20-13(23)9-27-18-21-15-14(11-5-1-2-6-12(11)28-15)16(24)22(18)8-10-4-3-7-26-10/h10H,1-9H2,(H3,19,20,23,25). The lowest BCUT2D eigenvalue weighted by Crippen LogP contribution is -2.36. The molecular weight excluding hydrogens is 400 g/mol. The molecule has 1 unspecified atom stereocenters. The molecule has 8 nitrogen and oxygen atoms in total. The highest BCUT2D eigenvalue weighted by Crippen LogP contribution is 2.34. The first-order valence-electron chi connectivity index (χ1n) is 9.41. The zero-order valence-corrected chi connectivity index (χ0v) is 17.0. The van der Waals surface area contributed by atoms with Crippen LogP contribution in [0, 0.1) is 0 Å². The van der Waals surface area contributed by atoms with E-state index in [-0.39, 0.29) is 17.4 Å². The lowest BCUT2D eigenvalue weighted by molar-refractivity contribution is -0.117. The van der Waals surface area contributed by atoms with E-state index in [9.17, 15) is 14.4 Å². The summed E-state index contributed by atoms with van der Waals surface area (Å²) in [6, 6.07) is -0.892. The zero-order valence-electron chi connectivity index (χ0n) is 15.4. The van der Waals surface area contributed by atoms with Gasteiger partial charge in [0, 0.05) is 11.5 Å². The van der Waals surface area contributed by atoms with Crippen LogP contribution in [0.25, 0.3) is 10.2 Å². The third-order valence-electron chi connectivity index (χ3n) is 5.05. The molecule has 0 saturated carbocycles. The van der Waals surface area contributed by atoms with Crippen molar-refractivity contribution in [3.63, 3.8) is 0 Å². The van der Waals surface area contributed by atoms with Crippen molar-refractivity contribution in [3.05, 3.63) is 20.8 Å². The summed E-state index contributed by atoms with van der Waals surface area (Å²) in [6.07, 6.45) is 5.99. The quantitative estimate of drug-likeness (QED) is 0.561. The molecule has 150 valence electrons. The van der Waals surface area contributed by atoms with Crippen LogP contribution in [0.1, 0.15) is 36.1 Å². The van der Waals surface area contributed by atoms with Crippen molar-refractivity contribution in [1.82, 2.24) is 14.9 Å². The van der Waals surface area contributed by atoms with E-state index in [2.05, 4.69) is 0 Å². The van der Waals surface area contributed by atoms with E-state index in [4.69, 9.17) is 15.5 Å². The first-order chi connectivity index (χ1) is 13.5. The number of fused-ring (bicyclic) bond motifs is 3. The van der Waals surface area contributed by atoms with Gasteiger partial charge in [0.15, 0.2) is 5.16 Å². The number of thioether (sulfide) groups is 1. The normalized spacial score (nSPS) is 18.9. The number of carbonyl (C=O) groups is 2. The Morgan fingerprint density at radius 1 is 1.32 bits per heavy atom. The highest BCUT2D eigenvalue weighted by Gasteiger charge is 2.25. The molecule has 1 aliphatic heterocycles. The van der Waals surface area contributed by atoms with Crippen LogP contribution in [0.4, 0.5) is 4.79 Å². The number of amides is 3. The summed E-state index contributed by atoms with van der Waals surface area (Å²) in [4.78, 5) is 42.8. The van der Waals surface area contributed by atoms with Gasteiger partial charge >= 0.3 is 6.03 Å². The van der Waals surface area contributed by atoms with Crippen LogP contribution in [-0.4, -0.2) is 40.0 Å². The maximum Gasteiger partial charge on any atom is 0.318 e. The molecule has 3 amide bonds. The van der Waals surface area contributed by atoms with Crippen molar-refractivity contribution in [2.75, 3.05) is 12.4 Å². The highest BCUT2D eigenvalue weighted by atomic mass is 32.2. The molecule has 0 aromatic carbocycles. The predicted octanol–water partition coefficient (Wildman–Crippen LogP) is 1.80. The summed E-state index contributed by atoms with van der Waals surface area (Å²) in [5, 5.41) is 3.24. The molecule has 1 atom stereocenters. The first-order valence-corrected chi connectivity index (χ1v) is 11.2. The Morgan fingerprint density at radius 2 is 2.14 bits per heavy atom. The fraction of sp³-hybridized carbons (Fsp3) is 0.556. The highest BCUT2D eigenvalue weighted by molar-refractivity contribution is 7.99. The number of aryl methyl sites for hydroxylation is 2. The van der Waals surface area contributed by atoms with Crippen LogP contribution < -0.4 is 16.6 Å². The number of urea groups is 1. The number of nitrogens with zero attached hydrogens (tertiary/aromatic N) is 2. The number of hydrogen-bond acceptors (Lipinski definition) is 7. The smallest absolute Gasteiger partial charge is 0.318 e. The van der Waals surface area contributed by atoms with E-state index in [0.717, 1.165) is 66.1 Å². The molecule has 1 saturated heterocycles. The van der Waals surface area contributed by atoms with Gasteiger partial charge in [-0.1, -0.05) is 11.8 Å².